The first-order valence-electron chi connectivity index (χ1n) is 6.85. The number of aromatic amines is 1. The van der Waals surface area contributed by atoms with E-state index in [2.05, 4.69) is 35.2 Å². The summed E-state index contributed by atoms with van der Waals surface area (Å²) in [7, 11) is 0. The van der Waals surface area contributed by atoms with Gasteiger partial charge in [-0.25, -0.2) is 4.98 Å². The van der Waals surface area contributed by atoms with Crippen LogP contribution in [0.25, 0.3) is 11.0 Å². The summed E-state index contributed by atoms with van der Waals surface area (Å²) < 4.78 is 0. The van der Waals surface area contributed by atoms with Crippen LogP contribution in [0.3, 0.4) is 0 Å². The third-order valence-corrected chi connectivity index (χ3v) is 4.04. The average Bonchev–Trinajstić information content (AvgIpc) is 2.82. The van der Waals surface area contributed by atoms with Gasteiger partial charge in [-0.15, -0.1) is 0 Å². The van der Waals surface area contributed by atoms with Crippen LogP contribution >= 0.6 is 0 Å². The van der Waals surface area contributed by atoms with Crippen molar-refractivity contribution in [3.8, 4) is 0 Å². The lowest BCUT2D eigenvalue weighted by Crippen LogP contribution is -2.03. The number of hydrogen-bond acceptors (Lipinski definition) is 1. The highest BCUT2D eigenvalue weighted by atomic mass is 14.9. The summed E-state index contributed by atoms with van der Waals surface area (Å²) in [6.45, 7) is 2.15. The molecule has 1 N–H and O–H groups in total. The molecule has 0 unspecified atom stereocenters. The predicted molar refractivity (Wildman–Crippen MR) is 71.3 cm³/mol. The Morgan fingerprint density at radius 1 is 1.24 bits per heavy atom. The van der Waals surface area contributed by atoms with Gasteiger partial charge >= 0.3 is 0 Å². The second-order valence-electron chi connectivity index (χ2n) is 5.13. The quantitative estimate of drug-likeness (QED) is 0.821. The van der Waals surface area contributed by atoms with E-state index in [1.54, 1.807) is 0 Å². The van der Waals surface area contributed by atoms with Gasteiger partial charge in [-0.3, -0.25) is 0 Å². The van der Waals surface area contributed by atoms with E-state index in [9.17, 15) is 0 Å². The Morgan fingerprint density at radius 3 is 2.82 bits per heavy atom. The Hall–Kier alpha value is -1.31. The molecule has 0 saturated heterocycles. The van der Waals surface area contributed by atoms with Crippen LogP contribution in [-0.4, -0.2) is 9.97 Å². The zero-order chi connectivity index (χ0) is 11.7. The molecule has 0 aliphatic heterocycles. The summed E-state index contributed by atoms with van der Waals surface area (Å²) in [6, 6.07) is 4.42. The lowest BCUT2D eigenvalue weighted by Gasteiger charge is -2.21. The molecule has 2 heterocycles. The predicted octanol–water partition coefficient (Wildman–Crippen LogP) is 4.17. The molecule has 90 valence electrons. The number of pyridine rings is 1. The third-order valence-electron chi connectivity index (χ3n) is 4.04. The van der Waals surface area contributed by atoms with Gasteiger partial charge in [0.2, 0.25) is 0 Å². The van der Waals surface area contributed by atoms with Gasteiger partial charge in [0.1, 0.15) is 5.65 Å². The number of nitrogens with zero attached hydrogens (tertiary/aromatic N) is 1. The standard InChI is InChI=1S/C15H20N2/c1-2-12-8-9-13-14(10-16-15(13)17-12)11-6-4-3-5-7-11/h8-11H,2-7H2,1H3,(H,16,17). The van der Waals surface area contributed by atoms with Gasteiger partial charge in [-0.2, -0.15) is 0 Å². The second-order valence-corrected chi connectivity index (χ2v) is 5.13. The Kier molecular flexibility index (Phi) is 2.87. The van der Waals surface area contributed by atoms with E-state index in [-0.39, 0.29) is 0 Å². The first-order chi connectivity index (χ1) is 8.38. The normalized spacial score (nSPS) is 17.7. The Morgan fingerprint density at radius 2 is 2.06 bits per heavy atom. The Balaban J connectivity index is 1.99. The molecule has 0 atom stereocenters. The van der Waals surface area contributed by atoms with Gasteiger partial charge in [-0.1, -0.05) is 26.2 Å². The first-order valence-corrected chi connectivity index (χ1v) is 6.85. The molecule has 17 heavy (non-hydrogen) atoms. The molecule has 0 aromatic carbocycles. The van der Waals surface area contributed by atoms with Crippen molar-refractivity contribution in [3.05, 3.63) is 29.6 Å². The minimum Gasteiger partial charge on any atom is -0.346 e. The fourth-order valence-electron chi connectivity index (χ4n) is 3.01. The van der Waals surface area contributed by atoms with E-state index in [0.29, 0.717) is 0 Å². The summed E-state index contributed by atoms with van der Waals surface area (Å²) in [5, 5.41) is 1.34. The fourth-order valence-corrected chi connectivity index (χ4v) is 3.01. The van der Waals surface area contributed by atoms with Crippen molar-refractivity contribution in [1.29, 1.82) is 0 Å². The fraction of sp³-hybridized carbons (Fsp3) is 0.533. The van der Waals surface area contributed by atoms with Crippen molar-refractivity contribution in [1.82, 2.24) is 9.97 Å². The summed E-state index contributed by atoms with van der Waals surface area (Å²) in [5.41, 5.74) is 3.74. The van der Waals surface area contributed by atoms with Gasteiger partial charge in [0, 0.05) is 17.3 Å². The average molecular weight is 228 g/mol. The Bertz CT molecular complexity index is 507. The molecule has 2 aromatic rings. The summed E-state index contributed by atoms with van der Waals surface area (Å²) >= 11 is 0. The van der Waals surface area contributed by atoms with E-state index < -0.39 is 0 Å². The van der Waals surface area contributed by atoms with Gasteiger partial charge in [0.25, 0.3) is 0 Å². The van der Waals surface area contributed by atoms with Crippen LogP contribution in [0.1, 0.15) is 56.2 Å². The maximum atomic E-state index is 4.65. The maximum Gasteiger partial charge on any atom is 0.137 e. The number of fused-ring (bicyclic) bond motifs is 1. The zero-order valence-corrected chi connectivity index (χ0v) is 10.5. The van der Waals surface area contributed by atoms with Crippen molar-refractivity contribution < 1.29 is 0 Å². The van der Waals surface area contributed by atoms with Crippen molar-refractivity contribution >= 4 is 11.0 Å². The summed E-state index contributed by atoms with van der Waals surface area (Å²) in [4.78, 5) is 8.00. The molecule has 1 fully saturated rings. The highest BCUT2D eigenvalue weighted by Gasteiger charge is 2.18. The smallest absolute Gasteiger partial charge is 0.137 e. The third kappa shape index (κ3) is 1.97. The zero-order valence-electron chi connectivity index (χ0n) is 10.5. The minimum atomic E-state index is 0.756. The molecule has 1 aliphatic rings. The van der Waals surface area contributed by atoms with Crippen LogP contribution in [0, 0.1) is 0 Å². The second kappa shape index (κ2) is 4.52. The summed E-state index contributed by atoms with van der Waals surface area (Å²) in [5.74, 6) is 0.756. The number of rotatable bonds is 2. The largest absolute Gasteiger partial charge is 0.346 e. The lowest BCUT2D eigenvalue weighted by molar-refractivity contribution is 0.445. The van der Waals surface area contributed by atoms with E-state index in [4.69, 9.17) is 0 Å². The number of nitrogens with one attached hydrogen (secondary N) is 1. The van der Waals surface area contributed by atoms with Crippen molar-refractivity contribution in [3.63, 3.8) is 0 Å². The van der Waals surface area contributed by atoms with E-state index >= 15 is 0 Å². The van der Waals surface area contributed by atoms with Crippen LogP contribution in [0.5, 0.6) is 0 Å². The van der Waals surface area contributed by atoms with Crippen LogP contribution < -0.4 is 0 Å². The molecule has 2 nitrogen and oxygen atoms in total. The lowest BCUT2D eigenvalue weighted by atomic mass is 9.84. The minimum absolute atomic E-state index is 0.756. The summed E-state index contributed by atoms with van der Waals surface area (Å²) in [6.07, 6.45) is 10.1. The van der Waals surface area contributed by atoms with Gasteiger partial charge in [-0.05, 0) is 42.9 Å². The highest BCUT2D eigenvalue weighted by molar-refractivity contribution is 5.80. The molecule has 0 spiro atoms. The van der Waals surface area contributed by atoms with Crippen molar-refractivity contribution in [2.75, 3.05) is 0 Å². The number of H-pyrrole nitrogens is 1. The first kappa shape index (κ1) is 10.8. The van der Waals surface area contributed by atoms with Gasteiger partial charge in [0.15, 0.2) is 0 Å². The van der Waals surface area contributed by atoms with Crippen LogP contribution in [0.4, 0.5) is 0 Å². The Labute approximate surface area is 102 Å². The van der Waals surface area contributed by atoms with E-state index in [0.717, 1.165) is 18.0 Å². The molecule has 0 radical (unpaired) electrons. The molecular formula is C15H20N2. The van der Waals surface area contributed by atoms with Crippen molar-refractivity contribution in [2.24, 2.45) is 0 Å². The number of aryl methyl sites for hydroxylation is 1. The molecule has 2 aromatic heterocycles. The number of aromatic nitrogens is 2. The molecule has 1 saturated carbocycles. The molecule has 0 amide bonds. The molecule has 0 bridgehead atoms. The van der Waals surface area contributed by atoms with Crippen LogP contribution in [-0.2, 0) is 6.42 Å². The molecule has 1 aliphatic carbocycles. The molecular weight excluding hydrogens is 208 g/mol. The van der Waals surface area contributed by atoms with Crippen molar-refractivity contribution in [2.45, 2.75) is 51.4 Å². The monoisotopic (exact) mass is 228 g/mol. The van der Waals surface area contributed by atoms with Gasteiger partial charge < -0.3 is 4.98 Å². The van der Waals surface area contributed by atoms with E-state index in [1.165, 1.54) is 48.7 Å². The van der Waals surface area contributed by atoms with Crippen LogP contribution in [0.2, 0.25) is 0 Å². The topological polar surface area (TPSA) is 28.7 Å². The van der Waals surface area contributed by atoms with Gasteiger partial charge in [0.05, 0.1) is 0 Å². The molecule has 2 heteroatoms. The maximum absolute atomic E-state index is 4.65. The van der Waals surface area contributed by atoms with E-state index in [1.807, 2.05) is 0 Å². The highest BCUT2D eigenvalue weighted by Crippen LogP contribution is 2.35. The molecule has 3 rings (SSSR count). The number of hydrogen-bond donors (Lipinski definition) is 1. The van der Waals surface area contributed by atoms with Crippen LogP contribution in [0.15, 0.2) is 18.3 Å². The SMILES string of the molecule is CCc1ccc2c(C3CCCCC3)c[nH]c2n1.